The lowest BCUT2D eigenvalue weighted by molar-refractivity contribution is 0.0949. The molecule has 2 aromatic heterocycles. The number of nitrogens with zero attached hydrogens (tertiary/aromatic N) is 3. The minimum atomic E-state index is -0.281. The van der Waals surface area contributed by atoms with Crippen LogP contribution < -0.4 is 5.32 Å². The van der Waals surface area contributed by atoms with Gasteiger partial charge in [0.15, 0.2) is 0 Å². The van der Waals surface area contributed by atoms with Gasteiger partial charge in [-0.1, -0.05) is 11.6 Å². The van der Waals surface area contributed by atoms with E-state index >= 15 is 0 Å². The lowest BCUT2D eigenvalue weighted by Crippen LogP contribution is -2.24. The Labute approximate surface area is 117 Å². The number of carbonyl (C=O) groups is 1. The van der Waals surface area contributed by atoms with Gasteiger partial charge in [0.05, 0.1) is 12.1 Å². The molecule has 0 fully saturated rings. The summed E-state index contributed by atoms with van der Waals surface area (Å²) in [6.07, 6.45) is 5.03. The fourth-order valence-electron chi connectivity index (χ4n) is 1.40. The second kappa shape index (κ2) is 5.49. The van der Waals surface area contributed by atoms with Crippen LogP contribution in [-0.2, 0) is 13.6 Å². The molecule has 0 atom stereocenters. The van der Waals surface area contributed by atoms with Gasteiger partial charge in [0.25, 0.3) is 5.91 Å². The van der Waals surface area contributed by atoms with Gasteiger partial charge in [-0.2, -0.15) is 0 Å². The summed E-state index contributed by atoms with van der Waals surface area (Å²) in [6, 6.07) is 1.63. The molecule has 0 spiro atoms. The molecule has 5 nitrogen and oxygen atoms in total. The molecule has 0 aliphatic rings. The van der Waals surface area contributed by atoms with E-state index < -0.39 is 0 Å². The van der Waals surface area contributed by atoms with Crippen molar-refractivity contribution in [3.05, 3.63) is 45.7 Å². The number of hydrogen-bond donors (Lipinski definition) is 1. The minimum absolute atomic E-state index is 0.176. The maximum absolute atomic E-state index is 11.9. The number of aryl methyl sites for hydroxylation is 1. The Morgan fingerprint density at radius 2 is 2.33 bits per heavy atom. The number of imidazole rings is 1. The fraction of sp³-hybridized carbons (Fsp3) is 0.182. The Morgan fingerprint density at radius 1 is 1.56 bits per heavy atom. The molecule has 0 saturated carbocycles. The van der Waals surface area contributed by atoms with Crippen molar-refractivity contribution in [3.8, 4) is 0 Å². The summed E-state index contributed by atoms with van der Waals surface area (Å²) in [6.45, 7) is 0.338. The Balaban J connectivity index is 2.08. The van der Waals surface area contributed by atoms with Gasteiger partial charge < -0.3 is 9.88 Å². The van der Waals surface area contributed by atoms with Crippen molar-refractivity contribution >= 4 is 33.4 Å². The molecule has 7 heteroatoms. The third-order valence-electron chi connectivity index (χ3n) is 2.38. The summed E-state index contributed by atoms with van der Waals surface area (Å²) in [5.41, 5.74) is 0.334. The molecule has 0 saturated heterocycles. The van der Waals surface area contributed by atoms with E-state index in [2.05, 4.69) is 31.2 Å². The fourth-order valence-corrected chi connectivity index (χ4v) is 1.92. The van der Waals surface area contributed by atoms with Gasteiger partial charge in [-0.3, -0.25) is 4.79 Å². The predicted octanol–water partition coefficient (Wildman–Crippen LogP) is 2.16. The summed E-state index contributed by atoms with van der Waals surface area (Å²) in [5.74, 6) is 0.485. The van der Waals surface area contributed by atoms with Gasteiger partial charge in [0, 0.05) is 30.1 Å². The molecule has 94 valence electrons. The van der Waals surface area contributed by atoms with Crippen molar-refractivity contribution in [1.29, 1.82) is 0 Å². The number of carbonyl (C=O) groups excluding carboxylic acids is 1. The van der Waals surface area contributed by atoms with Crippen LogP contribution in [-0.4, -0.2) is 20.4 Å². The van der Waals surface area contributed by atoms with E-state index in [1.54, 1.807) is 12.3 Å². The van der Waals surface area contributed by atoms with Crippen LogP contribution in [0.25, 0.3) is 0 Å². The van der Waals surface area contributed by atoms with E-state index in [9.17, 15) is 4.79 Å². The molecule has 1 N–H and O–H groups in total. The molecule has 0 bridgehead atoms. The summed E-state index contributed by atoms with van der Waals surface area (Å²) < 4.78 is 2.54. The first-order valence-electron chi connectivity index (χ1n) is 5.13. The monoisotopic (exact) mass is 328 g/mol. The number of halogens is 2. The van der Waals surface area contributed by atoms with Crippen LogP contribution in [0.2, 0.25) is 5.15 Å². The first-order valence-corrected chi connectivity index (χ1v) is 6.30. The molecule has 2 rings (SSSR count). The van der Waals surface area contributed by atoms with E-state index in [0.29, 0.717) is 16.6 Å². The highest BCUT2D eigenvalue weighted by Gasteiger charge is 2.12. The first kappa shape index (κ1) is 13.0. The van der Waals surface area contributed by atoms with Crippen LogP contribution in [0.1, 0.15) is 16.2 Å². The third-order valence-corrected chi connectivity index (χ3v) is 3.11. The normalized spacial score (nSPS) is 10.4. The van der Waals surface area contributed by atoms with Gasteiger partial charge in [-0.15, -0.1) is 0 Å². The van der Waals surface area contributed by atoms with Crippen molar-refractivity contribution in [2.75, 3.05) is 0 Å². The second-order valence-electron chi connectivity index (χ2n) is 3.63. The molecular formula is C11H10BrClN4O. The van der Waals surface area contributed by atoms with Gasteiger partial charge in [-0.25, -0.2) is 9.97 Å². The van der Waals surface area contributed by atoms with Crippen LogP contribution in [0.4, 0.5) is 0 Å². The zero-order valence-corrected chi connectivity index (χ0v) is 11.9. The molecule has 0 aliphatic heterocycles. The second-order valence-corrected chi connectivity index (χ2v) is 4.90. The minimum Gasteiger partial charge on any atom is -0.345 e. The summed E-state index contributed by atoms with van der Waals surface area (Å²) in [7, 11) is 1.86. The Kier molecular flexibility index (Phi) is 3.98. The predicted molar refractivity (Wildman–Crippen MR) is 71.3 cm³/mol. The van der Waals surface area contributed by atoms with Gasteiger partial charge in [0.1, 0.15) is 11.0 Å². The number of pyridine rings is 1. The highest BCUT2D eigenvalue weighted by Crippen LogP contribution is 2.17. The van der Waals surface area contributed by atoms with Crippen molar-refractivity contribution in [2.24, 2.45) is 7.05 Å². The van der Waals surface area contributed by atoms with Crippen LogP contribution in [0, 0.1) is 0 Å². The molecule has 0 aliphatic carbocycles. The van der Waals surface area contributed by atoms with E-state index in [0.717, 1.165) is 5.82 Å². The van der Waals surface area contributed by atoms with E-state index in [1.165, 1.54) is 6.20 Å². The molecule has 18 heavy (non-hydrogen) atoms. The maximum Gasteiger partial charge on any atom is 0.254 e. The van der Waals surface area contributed by atoms with Crippen molar-refractivity contribution < 1.29 is 4.79 Å². The maximum atomic E-state index is 11.9. The molecule has 2 aromatic rings. The number of nitrogens with one attached hydrogen (secondary N) is 1. The summed E-state index contributed by atoms with van der Waals surface area (Å²) >= 11 is 9.12. The Hall–Kier alpha value is -1.40. The number of rotatable bonds is 3. The smallest absolute Gasteiger partial charge is 0.254 e. The largest absolute Gasteiger partial charge is 0.345 e. The quantitative estimate of drug-likeness (QED) is 0.878. The topological polar surface area (TPSA) is 59.8 Å². The lowest BCUT2D eigenvalue weighted by Gasteiger charge is -2.06. The van der Waals surface area contributed by atoms with Crippen molar-refractivity contribution in [1.82, 2.24) is 19.9 Å². The SMILES string of the molecule is Cn1ccnc1CNC(=O)c1cc(Br)cnc1Cl. The molecule has 2 heterocycles. The average Bonchev–Trinajstić information content (AvgIpc) is 2.75. The average molecular weight is 330 g/mol. The first-order chi connectivity index (χ1) is 8.58. The number of aromatic nitrogens is 3. The number of hydrogen-bond acceptors (Lipinski definition) is 3. The standard InChI is InChI=1S/C11H10BrClN4O/c1-17-3-2-14-9(17)6-16-11(18)8-4-7(12)5-15-10(8)13/h2-5H,6H2,1H3,(H,16,18). The number of amides is 1. The molecule has 0 unspecified atom stereocenters. The lowest BCUT2D eigenvalue weighted by atomic mass is 10.2. The van der Waals surface area contributed by atoms with Crippen LogP contribution in [0.3, 0.4) is 0 Å². The zero-order valence-electron chi connectivity index (χ0n) is 9.52. The summed E-state index contributed by atoms with van der Waals surface area (Å²) in [5, 5.41) is 2.92. The highest BCUT2D eigenvalue weighted by molar-refractivity contribution is 9.10. The van der Waals surface area contributed by atoms with Crippen molar-refractivity contribution in [2.45, 2.75) is 6.54 Å². The highest BCUT2D eigenvalue weighted by atomic mass is 79.9. The summed E-state index contributed by atoms with van der Waals surface area (Å²) in [4.78, 5) is 19.9. The van der Waals surface area contributed by atoms with Crippen LogP contribution >= 0.6 is 27.5 Å². The van der Waals surface area contributed by atoms with E-state index in [1.807, 2.05) is 17.8 Å². The van der Waals surface area contributed by atoms with Crippen LogP contribution in [0.5, 0.6) is 0 Å². The Bertz CT molecular complexity index is 584. The Morgan fingerprint density at radius 3 is 3.00 bits per heavy atom. The molecular weight excluding hydrogens is 320 g/mol. The van der Waals surface area contributed by atoms with Gasteiger partial charge >= 0.3 is 0 Å². The van der Waals surface area contributed by atoms with E-state index in [4.69, 9.17) is 11.6 Å². The molecule has 0 aromatic carbocycles. The molecule has 0 radical (unpaired) electrons. The van der Waals surface area contributed by atoms with Gasteiger partial charge in [-0.05, 0) is 22.0 Å². The third kappa shape index (κ3) is 2.88. The molecule has 1 amide bonds. The van der Waals surface area contributed by atoms with Gasteiger partial charge in [0.2, 0.25) is 0 Å². The van der Waals surface area contributed by atoms with Crippen LogP contribution in [0.15, 0.2) is 29.1 Å². The zero-order chi connectivity index (χ0) is 13.1. The van der Waals surface area contributed by atoms with E-state index in [-0.39, 0.29) is 11.1 Å². The van der Waals surface area contributed by atoms with Crippen molar-refractivity contribution in [3.63, 3.8) is 0 Å².